The van der Waals surface area contributed by atoms with Gasteiger partial charge in [-0.05, 0) is 19.1 Å². The zero-order valence-corrected chi connectivity index (χ0v) is 14.7. The van der Waals surface area contributed by atoms with Gasteiger partial charge in [0.15, 0.2) is 17.8 Å². The minimum absolute atomic E-state index is 0.0826. The molecule has 8 heteroatoms. The lowest BCUT2D eigenvalue weighted by molar-refractivity contribution is -0.146. The normalized spacial score (nSPS) is 19.0. The van der Waals surface area contributed by atoms with E-state index in [4.69, 9.17) is 9.47 Å². The Kier molecular flexibility index (Phi) is 5.28. The zero-order chi connectivity index (χ0) is 17.8. The van der Waals surface area contributed by atoms with Crippen molar-refractivity contribution in [2.75, 3.05) is 19.7 Å². The van der Waals surface area contributed by atoms with Crippen LogP contribution in [-0.4, -0.2) is 56.8 Å². The minimum atomic E-state index is -0.594. The average molecular weight is 345 g/mol. The number of rotatable bonds is 5. The molecule has 0 aromatic carbocycles. The van der Waals surface area contributed by atoms with Crippen LogP contribution in [0.5, 0.6) is 5.75 Å². The van der Waals surface area contributed by atoms with Crippen molar-refractivity contribution < 1.29 is 14.3 Å². The van der Waals surface area contributed by atoms with Crippen LogP contribution in [0, 0.1) is 0 Å². The fraction of sp³-hybridized carbons (Fsp3) is 0.529. The highest BCUT2D eigenvalue weighted by atomic mass is 16.5. The van der Waals surface area contributed by atoms with Gasteiger partial charge in [0.25, 0.3) is 5.91 Å². The van der Waals surface area contributed by atoms with Crippen LogP contribution in [0.3, 0.4) is 0 Å². The third kappa shape index (κ3) is 4.14. The van der Waals surface area contributed by atoms with E-state index in [0.717, 1.165) is 5.82 Å². The third-order valence-corrected chi connectivity index (χ3v) is 4.01. The molecule has 2 unspecified atom stereocenters. The summed E-state index contributed by atoms with van der Waals surface area (Å²) in [6.07, 6.45) is 2.36. The number of hydrogen-bond donors (Lipinski definition) is 1. The first-order valence-corrected chi connectivity index (χ1v) is 8.44. The molecule has 1 N–H and O–H groups in total. The molecule has 0 aliphatic carbocycles. The van der Waals surface area contributed by atoms with Crippen molar-refractivity contribution in [3.8, 4) is 5.75 Å². The lowest BCUT2D eigenvalue weighted by atomic mass is 10.2. The minimum Gasteiger partial charge on any atom is -0.479 e. The predicted octanol–water partition coefficient (Wildman–Crippen LogP) is 1.69. The van der Waals surface area contributed by atoms with E-state index < -0.39 is 6.10 Å². The van der Waals surface area contributed by atoms with Gasteiger partial charge in [-0.1, -0.05) is 13.8 Å². The fourth-order valence-corrected chi connectivity index (χ4v) is 2.63. The molecule has 1 amide bonds. The molecular weight excluding hydrogens is 322 g/mol. The van der Waals surface area contributed by atoms with Crippen LogP contribution in [-0.2, 0) is 9.53 Å². The Morgan fingerprint density at radius 2 is 2.28 bits per heavy atom. The second kappa shape index (κ2) is 7.60. The van der Waals surface area contributed by atoms with E-state index in [1.807, 2.05) is 13.8 Å². The number of nitrogens with zero attached hydrogens (tertiary/aromatic N) is 4. The van der Waals surface area contributed by atoms with E-state index in [0.29, 0.717) is 31.3 Å². The molecule has 8 nitrogen and oxygen atoms in total. The van der Waals surface area contributed by atoms with E-state index >= 15 is 0 Å². The first-order chi connectivity index (χ1) is 12.0. The summed E-state index contributed by atoms with van der Waals surface area (Å²) < 4.78 is 11.4. The monoisotopic (exact) mass is 345 g/mol. The standard InChI is InChI=1S/C17H23N5O3/c1-11(2)15-19-16(21-20-15)14-10-22(7-8-24-14)17(23)12(3)25-13-5-4-6-18-9-13/h4-6,9,11-12,14H,7-8,10H2,1-3H3,(H,19,20,21). The molecular formula is C17H23N5O3. The number of nitrogens with one attached hydrogen (secondary N) is 1. The largest absolute Gasteiger partial charge is 0.479 e. The summed E-state index contributed by atoms with van der Waals surface area (Å²) in [6.45, 7) is 7.20. The predicted molar refractivity (Wildman–Crippen MR) is 90.1 cm³/mol. The molecule has 0 spiro atoms. The SMILES string of the molecule is CC(Oc1cccnc1)C(=O)N1CCOC(c2nc(C(C)C)n[nH]2)C1. The topological polar surface area (TPSA) is 93.2 Å². The second-order valence-corrected chi connectivity index (χ2v) is 6.33. The molecule has 2 aromatic rings. The van der Waals surface area contributed by atoms with Crippen molar-refractivity contribution in [1.29, 1.82) is 0 Å². The summed E-state index contributed by atoms with van der Waals surface area (Å²) in [7, 11) is 0. The van der Waals surface area contributed by atoms with Crippen molar-refractivity contribution in [2.24, 2.45) is 0 Å². The maximum atomic E-state index is 12.7. The lowest BCUT2D eigenvalue weighted by Gasteiger charge is -2.33. The number of ether oxygens (including phenoxy) is 2. The molecule has 2 atom stereocenters. The molecule has 0 bridgehead atoms. The highest BCUT2D eigenvalue weighted by Crippen LogP contribution is 2.21. The molecule has 3 heterocycles. The Balaban J connectivity index is 1.62. The number of aromatic amines is 1. The highest BCUT2D eigenvalue weighted by Gasteiger charge is 2.31. The highest BCUT2D eigenvalue weighted by molar-refractivity contribution is 5.81. The first-order valence-electron chi connectivity index (χ1n) is 8.44. The first kappa shape index (κ1) is 17.3. The molecule has 0 saturated carbocycles. The maximum absolute atomic E-state index is 12.7. The number of H-pyrrole nitrogens is 1. The molecule has 1 aliphatic rings. The van der Waals surface area contributed by atoms with Crippen LogP contribution in [0.1, 0.15) is 44.4 Å². The van der Waals surface area contributed by atoms with E-state index in [-0.39, 0.29) is 17.9 Å². The van der Waals surface area contributed by atoms with Crippen molar-refractivity contribution in [3.63, 3.8) is 0 Å². The number of carbonyl (C=O) groups excluding carboxylic acids is 1. The summed E-state index contributed by atoms with van der Waals surface area (Å²) in [5.41, 5.74) is 0. The summed E-state index contributed by atoms with van der Waals surface area (Å²) >= 11 is 0. The third-order valence-electron chi connectivity index (χ3n) is 4.01. The van der Waals surface area contributed by atoms with Gasteiger partial charge in [-0.15, -0.1) is 0 Å². The van der Waals surface area contributed by atoms with Crippen molar-refractivity contribution in [3.05, 3.63) is 36.2 Å². The van der Waals surface area contributed by atoms with Gasteiger partial charge in [0.05, 0.1) is 19.3 Å². The number of hydrogen-bond acceptors (Lipinski definition) is 6. The Morgan fingerprint density at radius 3 is 2.96 bits per heavy atom. The second-order valence-electron chi connectivity index (χ2n) is 6.33. The zero-order valence-electron chi connectivity index (χ0n) is 14.7. The Bertz CT molecular complexity index is 703. The fourth-order valence-electron chi connectivity index (χ4n) is 2.63. The van der Waals surface area contributed by atoms with Crippen LogP contribution in [0.25, 0.3) is 0 Å². The molecule has 1 saturated heterocycles. The van der Waals surface area contributed by atoms with E-state index in [2.05, 4.69) is 20.2 Å². The van der Waals surface area contributed by atoms with Gasteiger partial charge < -0.3 is 14.4 Å². The van der Waals surface area contributed by atoms with Crippen LogP contribution in [0.4, 0.5) is 0 Å². The van der Waals surface area contributed by atoms with E-state index in [1.54, 1.807) is 36.4 Å². The van der Waals surface area contributed by atoms with Gasteiger partial charge >= 0.3 is 0 Å². The van der Waals surface area contributed by atoms with Gasteiger partial charge in [0, 0.05) is 18.7 Å². The average Bonchev–Trinajstić information content (AvgIpc) is 3.12. The lowest BCUT2D eigenvalue weighted by Crippen LogP contribution is -2.47. The Morgan fingerprint density at radius 1 is 1.44 bits per heavy atom. The number of aromatic nitrogens is 4. The van der Waals surface area contributed by atoms with E-state index in [9.17, 15) is 4.79 Å². The number of carbonyl (C=O) groups is 1. The molecule has 0 radical (unpaired) electrons. The quantitative estimate of drug-likeness (QED) is 0.886. The van der Waals surface area contributed by atoms with Gasteiger partial charge in [-0.25, -0.2) is 4.98 Å². The van der Waals surface area contributed by atoms with Crippen molar-refractivity contribution in [1.82, 2.24) is 25.1 Å². The molecule has 1 fully saturated rings. The van der Waals surface area contributed by atoms with Gasteiger partial charge in [-0.3, -0.25) is 14.9 Å². The molecule has 2 aromatic heterocycles. The number of morpholine rings is 1. The molecule has 25 heavy (non-hydrogen) atoms. The smallest absolute Gasteiger partial charge is 0.263 e. The Labute approximate surface area is 146 Å². The Hall–Kier alpha value is -2.48. The van der Waals surface area contributed by atoms with Crippen LogP contribution in [0.2, 0.25) is 0 Å². The van der Waals surface area contributed by atoms with Crippen LogP contribution >= 0.6 is 0 Å². The van der Waals surface area contributed by atoms with Gasteiger partial charge in [0.2, 0.25) is 0 Å². The summed E-state index contributed by atoms with van der Waals surface area (Å²) in [5.74, 6) is 2.13. The summed E-state index contributed by atoms with van der Waals surface area (Å²) in [4.78, 5) is 22.9. The van der Waals surface area contributed by atoms with Gasteiger partial charge in [-0.2, -0.15) is 5.10 Å². The van der Waals surface area contributed by atoms with Crippen LogP contribution < -0.4 is 4.74 Å². The number of amides is 1. The number of pyridine rings is 1. The molecule has 3 rings (SSSR count). The molecule has 1 aliphatic heterocycles. The van der Waals surface area contributed by atoms with Crippen LogP contribution in [0.15, 0.2) is 24.5 Å². The van der Waals surface area contributed by atoms with Gasteiger partial charge in [0.1, 0.15) is 11.9 Å². The molecule has 134 valence electrons. The maximum Gasteiger partial charge on any atom is 0.263 e. The summed E-state index contributed by atoms with van der Waals surface area (Å²) in [5, 5.41) is 7.12. The van der Waals surface area contributed by atoms with Crippen molar-refractivity contribution in [2.45, 2.75) is 38.9 Å². The van der Waals surface area contributed by atoms with E-state index in [1.165, 1.54) is 0 Å². The van der Waals surface area contributed by atoms with Crippen molar-refractivity contribution >= 4 is 5.91 Å². The summed E-state index contributed by atoms with van der Waals surface area (Å²) in [6, 6.07) is 3.55.